The number of benzene rings is 1. The van der Waals surface area contributed by atoms with Crippen molar-refractivity contribution < 1.29 is 9.90 Å². The van der Waals surface area contributed by atoms with Crippen LogP contribution in [0.5, 0.6) is 0 Å². The predicted molar refractivity (Wildman–Crippen MR) is 101 cm³/mol. The highest BCUT2D eigenvalue weighted by Gasteiger charge is 2.50. The lowest BCUT2D eigenvalue weighted by Crippen LogP contribution is -2.35. The van der Waals surface area contributed by atoms with Crippen molar-refractivity contribution in [2.24, 2.45) is 0 Å². The zero-order chi connectivity index (χ0) is 17.1. The standard InChI is InChI=1S/C15H9BrClN3O2S2/c16-6-1-2-8-7(5-6)15(22,13(21)19-8)12-11(20-14(18)24-12)9-3-4-10(17)23-9/h1-5,22H,(H2,18,20)(H,19,21). The summed E-state index contributed by atoms with van der Waals surface area (Å²) in [4.78, 5) is 18.0. The largest absolute Gasteiger partial charge is 0.375 e. The number of carbonyl (C=O) groups is 1. The van der Waals surface area contributed by atoms with Crippen LogP contribution < -0.4 is 11.1 Å². The van der Waals surface area contributed by atoms with Gasteiger partial charge in [0.2, 0.25) is 5.60 Å². The second-order valence-electron chi connectivity index (χ2n) is 5.19. The summed E-state index contributed by atoms with van der Waals surface area (Å²) in [6.07, 6.45) is 0. The molecule has 0 spiro atoms. The first-order chi connectivity index (χ1) is 11.4. The zero-order valence-corrected chi connectivity index (χ0v) is 15.8. The van der Waals surface area contributed by atoms with Crippen LogP contribution in [0, 0.1) is 0 Å². The lowest BCUT2D eigenvalue weighted by Gasteiger charge is -2.20. The van der Waals surface area contributed by atoms with Gasteiger partial charge in [0.15, 0.2) is 5.13 Å². The fourth-order valence-electron chi connectivity index (χ4n) is 2.68. The smallest absolute Gasteiger partial charge is 0.266 e. The van der Waals surface area contributed by atoms with E-state index in [2.05, 4.69) is 26.2 Å². The first-order valence-corrected chi connectivity index (χ1v) is 9.56. The maximum absolute atomic E-state index is 12.6. The second-order valence-corrected chi connectivity index (χ2v) is 8.85. The molecule has 3 heterocycles. The third kappa shape index (κ3) is 2.29. The number of thiophene rings is 1. The van der Waals surface area contributed by atoms with E-state index in [1.54, 1.807) is 30.3 Å². The van der Waals surface area contributed by atoms with Gasteiger partial charge in [-0.25, -0.2) is 4.98 Å². The number of nitrogens with zero attached hydrogens (tertiary/aromatic N) is 1. The predicted octanol–water partition coefficient (Wildman–Crippen LogP) is 4.06. The first-order valence-electron chi connectivity index (χ1n) is 6.76. The van der Waals surface area contributed by atoms with Crippen LogP contribution in [0.15, 0.2) is 34.8 Å². The van der Waals surface area contributed by atoms with E-state index in [0.29, 0.717) is 26.2 Å². The Labute approximate surface area is 158 Å². The number of anilines is 2. The summed E-state index contributed by atoms with van der Waals surface area (Å²) in [5.41, 5.74) is 5.53. The highest BCUT2D eigenvalue weighted by atomic mass is 79.9. The van der Waals surface area contributed by atoms with Gasteiger partial charge in [-0.2, -0.15) is 0 Å². The highest BCUT2D eigenvalue weighted by molar-refractivity contribution is 9.10. The average molecular weight is 443 g/mol. The summed E-state index contributed by atoms with van der Waals surface area (Å²) in [6.45, 7) is 0. The molecule has 0 bridgehead atoms. The van der Waals surface area contributed by atoms with Crippen LogP contribution >= 0.6 is 50.2 Å². The van der Waals surface area contributed by atoms with Crippen LogP contribution in [-0.2, 0) is 10.4 Å². The molecule has 0 radical (unpaired) electrons. The summed E-state index contributed by atoms with van der Waals surface area (Å²) < 4.78 is 1.35. The van der Waals surface area contributed by atoms with Crippen molar-refractivity contribution >= 4 is 66.9 Å². The number of aromatic nitrogens is 1. The van der Waals surface area contributed by atoms with Crippen LogP contribution in [0.3, 0.4) is 0 Å². The molecule has 0 fully saturated rings. The Morgan fingerprint density at radius 3 is 2.79 bits per heavy atom. The van der Waals surface area contributed by atoms with Crippen LogP contribution in [-0.4, -0.2) is 16.0 Å². The number of amides is 1. The van der Waals surface area contributed by atoms with E-state index in [4.69, 9.17) is 17.3 Å². The SMILES string of the molecule is Nc1nc(-c2ccc(Cl)s2)c(C2(O)C(=O)Nc3ccc(Br)cc32)s1. The fraction of sp³-hybridized carbons (Fsp3) is 0.0667. The van der Waals surface area contributed by atoms with Crippen molar-refractivity contribution in [2.45, 2.75) is 5.60 Å². The number of rotatable bonds is 2. The molecule has 1 atom stereocenters. The van der Waals surface area contributed by atoms with Crippen LogP contribution in [0.2, 0.25) is 4.34 Å². The number of nitrogen functional groups attached to an aromatic ring is 1. The van der Waals surface area contributed by atoms with Crippen molar-refractivity contribution in [3.05, 3.63) is 49.6 Å². The Morgan fingerprint density at radius 2 is 2.08 bits per heavy atom. The zero-order valence-electron chi connectivity index (χ0n) is 11.8. The Morgan fingerprint density at radius 1 is 1.29 bits per heavy atom. The number of carbonyl (C=O) groups excluding carboxylic acids is 1. The Bertz CT molecular complexity index is 987. The molecular formula is C15H9BrClN3O2S2. The molecule has 1 aliphatic rings. The van der Waals surface area contributed by atoms with Crippen molar-refractivity contribution in [3.8, 4) is 10.6 Å². The van der Waals surface area contributed by atoms with Gasteiger partial charge in [0.25, 0.3) is 5.91 Å². The molecule has 1 aliphatic heterocycles. The lowest BCUT2D eigenvalue weighted by molar-refractivity contribution is -0.129. The van der Waals surface area contributed by atoms with Gasteiger partial charge in [-0.05, 0) is 30.3 Å². The molecule has 0 saturated heterocycles. The molecule has 4 rings (SSSR count). The molecule has 1 unspecified atom stereocenters. The topological polar surface area (TPSA) is 88.2 Å². The van der Waals surface area contributed by atoms with Gasteiger partial charge in [-0.15, -0.1) is 11.3 Å². The Kier molecular flexibility index (Phi) is 3.70. The highest BCUT2D eigenvalue weighted by Crippen LogP contribution is 2.48. The van der Waals surface area contributed by atoms with Gasteiger partial charge in [-0.1, -0.05) is 38.9 Å². The van der Waals surface area contributed by atoms with Crippen molar-refractivity contribution in [2.75, 3.05) is 11.1 Å². The quantitative estimate of drug-likeness (QED) is 0.558. The normalized spacial score (nSPS) is 19.4. The fourth-order valence-corrected chi connectivity index (χ4v) is 5.09. The molecule has 1 aromatic carbocycles. The van der Waals surface area contributed by atoms with E-state index < -0.39 is 11.5 Å². The number of fused-ring (bicyclic) bond motifs is 1. The molecule has 0 aliphatic carbocycles. The van der Waals surface area contributed by atoms with E-state index in [1.165, 1.54) is 11.3 Å². The maximum Gasteiger partial charge on any atom is 0.266 e. The van der Waals surface area contributed by atoms with Crippen molar-refractivity contribution in [1.29, 1.82) is 0 Å². The number of thiazole rings is 1. The van der Waals surface area contributed by atoms with E-state index >= 15 is 0 Å². The minimum absolute atomic E-state index is 0.272. The summed E-state index contributed by atoms with van der Waals surface area (Å²) in [5, 5.41) is 14.3. The second kappa shape index (κ2) is 5.53. The Balaban J connectivity index is 1.97. The summed E-state index contributed by atoms with van der Waals surface area (Å²) in [6, 6.07) is 8.79. The summed E-state index contributed by atoms with van der Waals surface area (Å²) >= 11 is 11.8. The third-order valence-electron chi connectivity index (χ3n) is 3.73. The average Bonchev–Trinajstić information content (AvgIpc) is 3.19. The van der Waals surface area contributed by atoms with Gasteiger partial charge in [-0.3, -0.25) is 4.79 Å². The van der Waals surface area contributed by atoms with Gasteiger partial charge in [0, 0.05) is 15.7 Å². The number of halogens is 2. The number of hydrogen-bond donors (Lipinski definition) is 3. The van der Waals surface area contributed by atoms with E-state index in [0.717, 1.165) is 20.7 Å². The molecule has 4 N–H and O–H groups in total. The van der Waals surface area contributed by atoms with Crippen LogP contribution in [0.4, 0.5) is 10.8 Å². The number of nitrogens with one attached hydrogen (secondary N) is 1. The molecule has 24 heavy (non-hydrogen) atoms. The monoisotopic (exact) mass is 441 g/mol. The minimum Gasteiger partial charge on any atom is -0.375 e. The van der Waals surface area contributed by atoms with E-state index in [9.17, 15) is 9.90 Å². The molecule has 1 amide bonds. The van der Waals surface area contributed by atoms with Crippen molar-refractivity contribution in [3.63, 3.8) is 0 Å². The number of hydrogen-bond acceptors (Lipinski definition) is 6. The van der Waals surface area contributed by atoms with E-state index in [-0.39, 0.29) is 5.13 Å². The first kappa shape index (κ1) is 16.0. The summed E-state index contributed by atoms with van der Waals surface area (Å²) in [7, 11) is 0. The van der Waals surface area contributed by atoms with Gasteiger partial charge in [0.05, 0.1) is 14.1 Å². The molecule has 3 aromatic rings. The number of aliphatic hydroxyl groups is 1. The molecule has 0 saturated carbocycles. The van der Waals surface area contributed by atoms with Crippen LogP contribution in [0.1, 0.15) is 10.4 Å². The van der Waals surface area contributed by atoms with Gasteiger partial charge in [0.1, 0.15) is 5.69 Å². The van der Waals surface area contributed by atoms with Crippen LogP contribution in [0.25, 0.3) is 10.6 Å². The number of nitrogens with two attached hydrogens (primary N) is 1. The van der Waals surface area contributed by atoms with Gasteiger partial charge < -0.3 is 16.2 Å². The third-order valence-corrected chi connectivity index (χ3v) is 6.45. The van der Waals surface area contributed by atoms with E-state index in [1.807, 2.05) is 0 Å². The van der Waals surface area contributed by atoms with Gasteiger partial charge >= 0.3 is 0 Å². The molecular weight excluding hydrogens is 434 g/mol. The van der Waals surface area contributed by atoms with Crippen molar-refractivity contribution in [1.82, 2.24) is 4.98 Å². The maximum atomic E-state index is 12.6. The Hall–Kier alpha value is -1.45. The molecule has 5 nitrogen and oxygen atoms in total. The lowest BCUT2D eigenvalue weighted by atomic mass is 9.92. The molecule has 9 heteroatoms. The molecule has 122 valence electrons. The summed E-state index contributed by atoms with van der Waals surface area (Å²) in [5.74, 6) is -0.525. The minimum atomic E-state index is -1.85. The molecule has 2 aromatic heterocycles.